The van der Waals surface area contributed by atoms with E-state index in [1.54, 1.807) is 0 Å². The van der Waals surface area contributed by atoms with E-state index in [0.29, 0.717) is 5.41 Å². The molecule has 4 aliphatic rings. The van der Waals surface area contributed by atoms with Crippen molar-refractivity contribution in [3.8, 4) is 0 Å². The third kappa shape index (κ3) is 4.08. The summed E-state index contributed by atoms with van der Waals surface area (Å²) in [4.78, 5) is 11.1. The summed E-state index contributed by atoms with van der Waals surface area (Å²) in [5.41, 5.74) is 0.147. The number of carboxylic acids is 1. The van der Waals surface area contributed by atoms with Crippen molar-refractivity contribution in [1.82, 2.24) is 0 Å². The Morgan fingerprint density at radius 1 is 1.04 bits per heavy atom. The van der Waals surface area contributed by atoms with Gasteiger partial charge < -0.3 is 14.6 Å². The SMILES string of the molecule is O=C(O)C12CC(CCCCCCCCOC3CCCCO3)(C1)C2. The van der Waals surface area contributed by atoms with E-state index in [1.807, 2.05) is 0 Å². The molecule has 0 spiro atoms. The Hall–Kier alpha value is -0.610. The first-order valence-electron chi connectivity index (χ1n) is 9.61. The fourth-order valence-corrected chi connectivity index (χ4v) is 4.86. The summed E-state index contributed by atoms with van der Waals surface area (Å²) in [6, 6.07) is 0. The largest absolute Gasteiger partial charge is 0.481 e. The van der Waals surface area contributed by atoms with Gasteiger partial charge in [-0.2, -0.15) is 0 Å². The van der Waals surface area contributed by atoms with Gasteiger partial charge in [-0.05, 0) is 56.8 Å². The van der Waals surface area contributed by atoms with Gasteiger partial charge in [0.25, 0.3) is 0 Å². The molecule has 4 nitrogen and oxygen atoms in total. The highest BCUT2D eigenvalue weighted by molar-refractivity contribution is 5.79. The minimum Gasteiger partial charge on any atom is -0.481 e. The van der Waals surface area contributed by atoms with Crippen LogP contribution in [0.15, 0.2) is 0 Å². The first-order valence-corrected chi connectivity index (χ1v) is 9.61. The molecule has 1 N–H and O–H groups in total. The third-order valence-corrected chi connectivity index (χ3v) is 6.14. The molecule has 4 rings (SSSR count). The summed E-state index contributed by atoms with van der Waals surface area (Å²) in [5, 5.41) is 9.12. The van der Waals surface area contributed by atoms with Gasteiger partial charge in [0.15, 0.2) is 6.29 Å². The van der Waals surface area contributed by atoms with Gasteiger partial charge in [-0.25, -0.2) is 0 Å². The second kappa shape index (κ2) is 7.52. The van der Waals surface area contributed by atoms with Crippen LogP contribution >= 0.6 is 0 Å². The minimum absolute atomic E-state index is 0.0610. The van der Waals surface area contributed by atoms with E-state index < -0.39 is 5.97 Å². The van der Waals surface area contributed by atoms with Gasteiger partial charge in [0.2, 0.25) is 0 Å². The maximum Gasteiger partial charge on any atom is 0.309 e. The molecule has 0 aromatic heterocycles. The van der Waals surface area contributed by atoms with Crippen LogP contribution in [0.25, 0.3) is 0 Å². The number of carboxylic acid groups (broad SMARTS) is 1. The van der Waals surface area contributed by atoms with Crippen molar-refractivity contribution in [2.75, 3.05) is 13.2 Å². The number of ether oxygens (including phenoxy) is 2. The molecule has 23 heavy (non-hydrogen) atoms. The lowest BCUT2D eigenvalue weighted by atomic mass is 9.34. The van der Waals surface area contributed by atoms with Crippen molar-refractivity contribution in [3.05, 3.63) is 0 Å². The molecule has 0 radical (unpaired) electrons. The van der Waals surface area contributed by atoms with Gasteiger partial charge in [-0.15, -0.1) is 0 Å². The van der Waals surface area contributed by atoms with Crippen molar-refractivity contribution in [1.29, 1.82) is 0 Å². The Morgan fingerprint density at radius 2 is 1.74 bits per heavy atom. The topological polar surface area (TPSA) is 55.8 Å². The molecular formula is C19H32O4. The zero-order valence-corrected chi connectivity index (χ0v) is 14.4. The molecule has 0 amide bonds. The van der Waals surface area contributed by atoms with Crippen LogP contribution in [0.5, 0.6) is 0 Å². The number of aliphatic carboxylic acids is 1. The molecule has 3 saturated carbocycles. The van der Waals surface area contributed by atoms with E-state index in [2.05, 4.69) is 0 Å². The number of unbranched alkanes of at least 4 members (excludes halogenated alkanes) is 5. The fraction of sp³-hybridized carbons (Fsp3) is 0.947. The molecule has 4 heteroatoms. The van der Waals surface area contributed by atoms with E-state index in [0.717, 1.165) is 45.3 Å². The van der Waals surface area contributed by atoms with Gasteiger partial charge in [-0.1, -0.05) is 32.1 Å². The highest BCUT2D eigenvalue weighted by Crippen LogP contribution is 2.75. The van der Waals surface area contributed by atoms with Crippen LogP contribution in [0.2, 0.25) is 0 Å². The monoisotopic (exact) mass is 324 g/mol. The highest BCUT2D eigenvalue weighted by Gasteiger charge is 2.70. The van der Waals surface area contributed by atoms with Crippen LogP contribution in [0.3, 0.4) is 0 Å². The zero-order valence-electron chi connectivity index (χ0n) is 14.4. The maximum absolute atomic E-state index is 11.1. The summed E-state index contributed by atoms with van der Waals surface area (Å²) < 4.78 is 11.3. The molecule has 1 atom stereocenters. The van der Waals surface area contributed by atoms with Crippen molar-refractivity contribution >= 4 is 5.97 Å². The van der Waals surface area contributed by atoms with Gasteiger partial charge in [0, 0.05) is 13.2 Å². The van der Waals surface area contributed by atoms with Crippen LogP contribution in [0.4, 0.5) is 0 Å². The van der Waals surface area contributed by atoms with Crippen molar-refractivity contribution in [3.63, 3.8) is 0 Å². The summed E-state index contributed by atoms with van der Waals surface area (Å²) in [5.74, 6) is -0.555. The zero-order chi connectivity index (χ0) is 16.2. The molecule has 1 saturated heterocycles. The molecule has 1 unspecified atom stereocenters. The summed E-state index contributed by atoms with van der Waals surface area (Å²) in [6.07, 6.45) is 15.2. The molecule has 132 valence electrons. The van der Waals surface area contributed by atoms with E-state index >= 15 is 0 Å². The Morgan fingerprint density at radius 3 is 2.39 bits per heavy atom. The first kappa shape index (κ1) is 17.2. The molecule has 1 heterocycles. The molecule has 3 aliphatic carbocycles. The van der Waals surface area contributed by atoms with Gasteiger partial charge >= 0.3 is 5.97 Å². The molecule has 4 fully saturated rings. The maximum atomic E-state index is 11.1. The van der Waals surface area contributed by atoms with Crippen molar-refractivity contribution in [2.45, 2.75) is 89.8 Å². The van der Waals surface area contributed by atoms with E-state index in [4.69, 9.17) is 14.6 Å². The quantitative estimate of drug-likeness (QED) is 0.568. The van der Waals surface area contributed by atoms with Crippen LogP contribution in [0, 0.1) is 10.8 Å². The molecular weight excluding hydrogens is 292 g/mol. The molecule has 2 bridgehead atoms. The Labute approximate surface area is 139 Å². The van der Waals surface area contributed by atoms with Crippen LogP contribution in [-0.2, 0) is 14.3 Å². The minimum atomic E-state index is -0.555. The average molecular weight is 324 g/mol. The Kier molecular flexibility index (Phi) is 5.63. The lowest BCUT2D eigenvalue weighted by molar-refractivity contribution is -0.225. The Bertz CT molecular complexity index is 380. The second-order valence-corrected chi connectivity index (χ2v) is 8.15. The first-order chi connectivity index (χ1) is 11.1. The number of hydrogen-bond acceptors (Lipinski definition) is 3. The van der Waals surface area contributed by atoms with Crippen molar-refractivity contribution in [2.24, 2.45) is 10.8 Å². The van der Waals surface area contributed by atoms with E-state index in [1.165, 1.54) is 51.4 Å². The van der Waals surface area contributed by atoms with Crippen LogP contribution < -0.4 is 0 Å². The third-order valence-electron chi connectivity index (χ3n) is 6.14. The predicted molar refractivity (Wildman–Crippen MR) is 88.2 cm³/mol. The summed E-state index contributed by atoms with van der Waals surface area (Å²) >= 11 is 0. The highest BCUT2D eigenvalue weighted by atomic mass is 16.7. The molecule has 0 aromatic carbocycles. The number of hydrogen-bond donors (Lipinski definition) is 1. The van der Waals surface area contributed by atoms with E-state index in [-0.39, 0.29) is 11.7 Å². The van der Waals surface area contributed by atoms with Gasteiger partial charge in [-0.3, -0.25) is 4.79 Å². The standard InChI is InChI=1S/C19H32O4/c20-17(21)19-13-18(14-19,15-19)10-6-3-1-2-4-7-11-22-16-9-5-8-12-23-16/h16H,1-15H2,(H,20,21). The molecule has 0 aromatic rings. The summed E-state index contributed by atoms with van der Waals surface area (Å²) in [6.45, 7) is 1.70. The lowest BCUT2D eigenvalue weighted by Gasteiger charge is -2.68. The van der Waals surface area contributed by atoms with Gasteiger partial charge in [0.05, 0.1) is 5.41 Å². The Balaban J connectivity index is 1.10. The summed E-state index contributed by atoms with van der Waals surface area (Å²) in [7, 11) is 0. The smallest absolute Gasteiger partial charge is 0.309 e. The van der Waals surface area contributed by atoms with Crippen LogP contribution in [0.1, 0.15) is 83.5 Å². The van der Waals surface area contributed by atoms with Crippen LogP contribution in [-0.4, -0.2) is 30.6 Å². The van der Waals surface area contributed by atoms with E-state index in [9.17, 15) is 4.79 Å². The fourth-order valence-electron chi connectivity index (χ4n) is 4.86. The second-order valence-electron chi connectivity index (χ2n) is 8.15. The van der Waals surface area contributed by atoms with Gasteiger partial charge in [0.1, 0.15) is 0 Å². The normalized spacial score (nSPS) is 35.4. The molecule has 1 aliphatic heterocycles. The number of rotatable bonds is 11. The lowest BCUT2D eigenvalue weighted by Crippen LogP contribution is -2.65. The van der Waals surface area contributed by atoms with Crippen molar-refractivity contribution < 1.29 is 19.4 Å². The average Bonchev–Trinajstić information content (AvgIpc) is 2.46. The number of carbonyl (C=O) groups is 1. The predicted octanol–water partition coefficient (Wildman–Crippen LogP) is 4.52.